The number of aliphatic hydroxyl groups is 1. The van der Waals surface area contributed by atoms with E-state index in [2.05, 4.69) is 11.8 Å². The Kier molecular flexibility index (Phi) is 7.45. The van der Waals surface area contributed by atoms with E-state index in [4.69, 9.17) is 4.74 Å². The lowest BCUT2D eigenvalue weighted by molar-refractivity contribution is 0.0431. The summed E-state index contributed by atoms with van der Waals surface area (Å²) in [6, 6.07) is 0. The molecule has 0 aliphatic rings. The summed E-state index contributed by atoms with van der Waals surface area (Å²) in [5.41, 5.74) is 0. The lowest BCUT2D eigenvalue weighted by atomic mass is 10.3. The first-order valence-electron chi connectivity index (χ1n) is 4.56. The van der Waals surface area contributed by atoms with E-state index in [1.54, 1.807) is 7.11 Å². The molecule has 1 unspecified atom stereocenters. The highest BCUT2D eigenvalue weighted by atomic mass is 16.5. The van der Waals surface area contributed by atoms with Crippen molar-refractivity contribution < 1.29 is 9.84 Å². The Labute approximate surface area is 75.3 Å². The summed E-state index contributed by atoms with van der Waals surface area (Å²) in [6.45, 7) is 4.35. The Hall–Kier alpha value is -0.120. The minimum atomic E-state index is -0.350. The Morgan fingerprint density at radius 2 is 2.17 bits per heavy atom. The van der Waals surface area contributed by atoms with Crippen molar-refractivity contribution in [1.82, 2.24) is 4.90 Å². The first-order chi connectivity index (χ1) is 5.70. The van der Waals surface area contributed by atoms with Crippen LogP contribution in [0.25, 0.3) is 0 Å². The van der Waals surface area contributed by atoms with Gasteiger partial charge in [0.1, 0.15) is 0 Å². The average molecular weight is 175 g/mol. The van der Waals surface area contributed by atoms with Gasteiger partial charge in [-0.1, -0.05) is 13.3 Å². The number of rotatable bonds is 7. The summed E-state index contributed by atoms with van der Waals surface area (Å²) in [5, 5.41) is 9.35. The molecule has 0 radical (unpaired) electrons. The molecule has 1 N–H and O–H groups in total. The second-order valence-corrected chi connectivity index (χ2v) is 3.22. The van der Waals surface area contributed by atoms with Crippen LogP contribution in [-0.4, -0.2) is 50.0 Å². The summed E-state index contributed by atoms with van der Waals surface area (Å²) >= 11 is 0. The Bertz CT molecular complexity index is 98.5. The minimum absolute atomic E-state index is 0.350. The quantitative estimate of drug-likeness (QED) is 0.619. The van der Waals surface area contributed by atoms with Crippen LogP contribution in [-0.2, 0) is 4.74 Å². The lowest BCUT2D eigenvalue weighted by Crippen LogP contribution is -2.32. The molecule has 0 aromatic carbocycles. The van der Waals surface area contributed by atoms with Crippen molar-refractivity contribution in [3.05, 3.63) is 0 Å². The van der Waals surface area contributed by atoms with Crippen molar-refractivity contribution in [3.63, 3.8) is 0 Å². The van der Waals surface area contributed by atoms with Gasteiger partial charge in [0.25, 0.3) is 0 Å². The fraction of sp³-hybridized carbons (Fsp3) is 1.00. The number of methoxy groups -OCH3 is 1. The van der Waals surface area contributed by atoms with E-state index in [1.807, 2.05) is 7.05 Å². The number of likely N-dealkylation sites (N-methyl/N-ethyl adjacent to an activating group) is 1. The third-order valence-electron chi connectivity index (χ3n) is 1.77. The van der Waals surface area contributed by atoms with Crippen LogP contribution >= 0.6 is 0 Å². The molecule has 0 rings (SSSR count). The average Bonchev–Trinajstić information content (AvgIpc) is 2.01. The van der Waals surface area contributed by atoms with Crippen molar-refractivity contribution in [3.8, 4) is 0 Å². The summed E-state index contributed by atoms with van der Waals surface area (Å²) in [5.74, 6) is 0. The molecule has 0 saturated heterocycles. The maximum atomic E-state index is 9.35. The third-order valence-corrected chi connectivity index (χ3v) is 1.77. The summed E-state index contributed by atoms with van der Waals surface area (Å²) < 4.78 is 4.83. The van der Waals surface area contributed by atoms with Gasteiger partial charge in [0.15, 0.2) is 0 Å². The van der Waals surface area contributed by atoms with Gasteiger partial charge in [-0.05, 0) is 20.0 Å². The van der Waals surface area contributed by atoms with Crippen LogP contribution in [0, 0.1) is 0 Å². The molecular formula is C9H21NO2. The van der Waals surface area contributed by atoms with Gasteiger partial charge in [0, 0.05) is 13.7 Å². The van der Waals surface area contributed by atoms with Gasteiger partial charge in [-0.25, -0.2) is 0 Å². The van der Waals surface area contributed by atoms with Gasteiger partial charge in [-0.3, -0.25) is 0 Å². The first kappa shape index (κ1) is 11.9. The second-order valence-electron chi connectivity index (χ2n) is 3.22. The van der Waals surface area contributed by atoms with Crippen LogP contribution in [0.1, 0.15) is 19.8 Å². The summed E-state index contributed by atoms with van der Waals surface area (Å²) in [7, 11) is 3.63. The molecule has 0 aliphatic carbocycles. The SMILES string of the molecule is CCCCN(C)CC(O)COC. The molecule has 0 heterocycles. The highest BCUT2D eigenvalue weighted by molar-refractivity contribution is 4.59. The minimum Gasteiger partial charge on any atom is -0.389 e. The molecule has 74 valence electrons. The number of aliphatic hydroxyl groups excluding tert-OH is 1. The van der Waals surface area contributed by atoms with Crippen molar-refractivity contribution in [2.24, 2.45) is 0 Å². The predicted octanol–water partition coefficient (Wildman–Crippen LogP) is 0.726. The number of hydrogen-bond donors (Lipinski definition) is 1. The molecule has 0 fully saturated rings. The number of nitrogens with zero attached hydrogens (tertiary/aromatic N) is 1. The lowest BCUT2D eigenvalue weighted by Gasteiger charge is -2.19. The van der Waals surface area contributed by atoms with Crippen molar-refractivity contribution in [2.45, 2.75) is 25.9 Å². The van der Waals surface area contributed by atoms with E-state index in [0.29, 0.717) is 13.2 Å². The Balaban J connectivity index is 3.33. The fourth-order valence-electron chi connectivity index (χ4n) is 1.12. The van der Waals surface area contributed by atoms with E-state index < -0.39 is 0 Å². The number of hydrogen-bond acceptors (Lipinski definition) is 3. The van der Waals surface area contributed by atoms with Crippen LogP contribution in [0.15, 0.2) is 0 Å². The normalized spacial score (nSPS) is 13.8. The van der Waals surface area contributed by atoms with Gasteiger partial charge in [-0.15, -0.1) is 0 Å². The maximum Gasteiger partial charge on any atom is 0.0899 e. The highest BCUT2D eigenvalue weighted by Crippen LogP contribution is 1.94. The molecule has 3 nitrogen and oxygen atoms in total. The van der Waals surface area contributed by atoms with Crippen LogP contribution in [0.4, 0.5) is 0 Å². The van der Waals surface area contributed by atoms with Crippen LogP contribution in [0.2, 0.25) is 0 Å². The molecule has 1 atom stereocenters. The van der Waals surface area contributed by atoms with E-state index in [0.717, 1.165) is 6.54 Å². The molecule has 0 aliphatic heterocycles. The van der Waals surface area contributed by atoms with Crippen molar-refractivity contribution in [1.29, 1.82) is 0 Å². The van der Waals surface area contributed by atoms with Crippen molar-refractivity contribution >= 4 is 0 Å². The number of ether oxygens (including phenoxy) is 1. The van der Waals surface area contributed by atoms with E-state index in [-0.39, 0.29) is 6.10 Å². The summed E-state index contributed by atoms with van der Waals surface area (Å²) in [6.07, 6.45) is 2.04. The smallest absolute Gasteiger partial charge is 0.0899 e. The molecule has 0 amide bonds. The standard InChI is InChI=1S/C9H21NO2/c1-4-5-6-10(2)7-9(11)8-12-3/h9,11H,4-8H2,1-3H3. The zero-order chi connectivity index (χ0) is 9.40. The molecule has 0 saturated carbocycles. The van der Waals surface area contributed by atoms with Crippen LogP contribution < -0.4 is 0 Å². The predicted molar refractivity (Wildman–Crippen MR) is 50.3 cm³/mol. The van der Waals surface area contributed by atoms with Gasteiger partial charge in [0.05, 0.1) is 12.7 Å². The van der Waals surface area contributed by atoms with Gasteiger partial charge < -0.3 is 14.7 Å². The van der Waals surface area contributed by atoms with E-state index in [9.17, 15) is 5.11 Å². The first-order valence-corrected chi connectivity index (χ1v) is 4.56. The fourth-order valence-corrected chi connectivity index (χ4v) is 1.12. The molecule has 3 heteroatoms. The number of unbranched alkanes of at least 4 members (excludes halogenated alkanes) is 1. The molecular weight excluding hydrogens is 154 g/mol. The second kappa shape index (κ2) is 7.53. The van der Waals surface area contributed by atoms with Crippen molar-refractivity contribution in [2.75, 3.05) is 33.9 Å². The molecule has 12 heavy (non-hydrogen) atoms. The maximum absolute atomic E-state index is 9.35. The topological polar surface area (TPSA) is 32.7 Å². The molecule has 0 spiro atoms. The largest absolute Gasteiger partial charge is 0.389 e. The zero-order valence-corrected chi connectivity index (χ0v) is 8.42. The molecule has 0 bridgehead atoms. The van der Waals surface area contributed by atoms with Gasteiger partial charge in [-0.2, -0.15) is 0 Å². The molecule has 0 aromatic rings. The Morgan fingerprint density at radius 3 is 2.67 bits per heavy atom. The van der Waals surface area contributed by atoms with E-state index in [1.165, 1.54) is 12.8 Å². The van der Waals surface area contributed by atoms with Gasteiger partial charge >= 0.3 is 0 Å². The van der Waals surface area contributed by atoms with E-state index >= 15 is 0 Å². The monoisotopic (exact) mass is 175 g/mol. The molecule has 0 aromatic heterocycles. The zero-order valence-electron chi connectivity index (χ0n) is 8.42. The highest BCUT2D eigenvalue weighted by Gasteiger charge is 2.06. The van der Waals surface area contributed by atoms with Crippen LogP contribution in [0.3, 0.4) is 0 Å². The summed E-state index contributed by atoms with van der Waals surface area (Å²) in [4.78, 5) is 2.13. The van der Waals surface area contributed by atoms with Crippen LogP contribution in [0.5, 0.6) is 0 Å². The van der Waals surface area contributed by atoms with Gasteiger partial charge in [0.2, 0.25) is 0 Å². The third kappa shape index (κ3) is 6.58. The Morgan fingerprint density at radius 1 is 1.50 bits per heavy atom.